The molecule has 0 radical (unpaired) electrons. The summed E-state index contributed by atoms with van der Waals surface area (Å²) in [6.07, 6.45) is -4.84. The van der Waals surface area contributed by atoms with E-state index in [0.717, 1.165) is 6.20 Å². The molecule has 10 nitrogen and oxygen atoms in total. The first-order valence-electron chi connectivity index (χ1n) is 10.00. The zero-order valence-corrected chi connectivity index (χ0v) is 18.6. The Morgan fingerprint density at radius 3 is 2.31 bits per heavy atom. The van der Waals surface area contributed by atoms with Crippen LogP contribution in [0.15, 0.2) is 36.5 Å². The molecule has 15 heteroatoms. The van der Waals surface area contributed by atoms with Gasteiger partial charge in [-0.25, -0.2) is 33.2 Å². The molecule has 0 bridgehead atoms. The van der Waals surface area contributed by atoms with Gasteiger partial charge in [-0.2, -0.15) is 18.3 Å². The summed E-state index contributed by atoms with van der Waals surface area (Å²) in [5, 5.41) is 4.82. The number of hydrogen-bond donors (Lipinski definition) is 3. The van der Waals surface area contributed by atoms with Gasteiger partial charge in [0.25, 0.3) is 0 Å². The van der Waals surface area contributed by atoms with Crippen LogP contribution < -0.4 is 17.2 Å². The molecule has 6 N–H and O–H groups in total. The highest BCUT2D eigenvalue weighted by atomic mass is 19.4. The fraction of sp³-hybridized carbons (Fsp3) is 0.190. The zero-order chi connectivity index (χ0) is 26.6. The van der Waals surface area contributed by atoms with Crippen molar-refractivity contribution in [2.24, 2.45) is 5.73 Å². The molecule has 3 heterocycles. The third-order valence-electron chi connectivity index (χ3n) is 4.64. The smallest absolute Gasteiger partial charge is 0.422 e. The molecule has 0 atom stereocenters. The number of benzene rings is 1. The second-order valence-electron chi connectivity index (χ2n) is 7.29. The number of nitrogen functional groups attached to an aromatic ring is 2. The van der Waals surface area contributed by atoms with Gasteiger partial charge >= 0.3 is 12.3 Å². The summed E-state index contributed by atoms with van der Waals surface area (Å²) in [6.45, 7) is 0.186. The van der Waals surface area contributed by atoms with Crippen LogP contribution >= 0.6 is 0 Å². The Morgan fingerprint density at radius 1 is 1.11 bits per heavy atom. The van der Waals surface area contributed by atoms with Crippen LogP contribution in [0.1, 0.15) is 11.1 Å². The first kappa shape index (κ1) is 26.1. The summed E-state index contributed by atoms with van der Waals surface area (Å²) in [6, 6.07) is 7.61. The number of pyridine rings is 1. The van der Waals surface area contributed by atoms with Crippen molar-refractivity contribution in [3.05, 3.63) is 59.3 Å². The van der Waals surface area contributed by atoms with E-state index in [1.54, 1.807) is 25.1 Å². The van der Waals surface area contributed by atoms with Crippen molar-refractivity contribution < 1.29 is 31.5 Å². The fourth-order valence-corrected chi connectivity index (χ4v) is 2.91. The second-order valence-corrected chi connectivity index (χ2v) is 7.29. The summed E-state index contributed by atoms with van der Waals surface area (Å²) in [7, 11) is 0. The SMILES string of the molecule is Cc1c(N)nc(-c2nn(Cc3ccccc3F)c3ncc(F)cc23)nc1N.NC(=O)OCC(F)(F)F. The molecule has 0 saturated carbocycles. The molecule has 1 aromatic carbocycles. The summed E-state index contributed by atoms with van der Waals surface area (Å²) < 4.78 is 66.0. The first-order chi connectivity index (χ1) is 16.9. The van der Waals surface area contributed by atoms with Crippen molar-refractivity contribution in [3.8, 4) is 11.5 Å². The van der Waals surface area contributed by atoms with Gasteiger partial charge in [0.05, 0.1) is 18.1 Å². The lowest BCUT2D eigenvalue weighted by atomic mass is 10.2. The third kappa shape index (κ3) is 6.31. The number of aromatic nitrogens is 5. The maximum absolute atomic E-state index is 14.0. The van der Waals surface area contributed by atoms with E-state index in [1.807, 2.05) is 0 Å². The Labute approximate surface area is 199 Å². The van der Waals surface area contributed by atoms with Gasteiger partial charge in [-0.15, -0.1) is 0 Å². The van der Waals surface area contributed by atoms with Crippen LogP contribution in [0, 0.1) is 18.6 Å². The van der Waals surface area contributed by atoms with E-state index in [-0.39, 0.29) is 35.5 Å². The number of hydrogen-bond acceptors (Lipinski definition) is 8. The quantitative estimate of drug-likeness (QED) is 0.352. The van der Waals surface area contributed by atoms with Crippen LogP contribution in [-0.4, -0.2) is 43.6 Å². The molecule has 0 fully saturated rings. The number of carbonyl (C=O) groups excluding carboxylic acids is 1. The maximum atomic E-state index is 14.0. The van der Waals surface area contributed by atoms with E-state index in [2.05, 4.69) is 30.5 Å². The highest BCUT2D eigenvalue weighted by molar-refractivity contribution is 5.89. The van der Waals surface area contributed by atoms with Crippen molar-refractivity contribution in [1.29, 1.82) is 0 Å². The molecule has 0 spiro atoms. The molecule has 0 aliphatic heterocycles. The summed E-state index contributed by atoms with van der Waals surface area (Å²) in [5.74, 6) is -0.343. The Balaban J connectivity index is 0.000000345. The molecular formula is C21H19F5N8O2. The van der Waals surface area contributed by atoms with Crippen molar-refractivity contribution in [2.45, 2.75) is 19.6 Å². The average Bonchev–Trinajstić information content (AvgIpc) is 3.14. The molecule has 4 rings (SSSR count). The second kappa shape index (κ2) is 10.4. The number of ether oxygens (including phenoxy) is 1. The Kier molecular flexibility index (Phi) is 7.50. The van der Waals surface area contributed by atoms with E-state index >= 15 is 0 Å². The summed E-state index contributed by atoms with van der Waals surface area (Å²) in [5.41, 5.74) is 17.6. The Morgan fingerprint density at radius 2 is 1.75 bits per heavy atom. The van der Waals surface area contributed by atoms with Crippen LogP contribution in [0.4, 0.5) is 38.4 Å². The van der Waals surface area contributed by atoms with Gasteiger partial charge in [-0.1, -0.05) is 18.2 Å². The molecule has 0 aliphatic rings. The summed E-state index contributed by atoms with van der Waals surface area (Å²) in [4.78, 5) is 22.1. The molecular weight excluding hydrogens is 491 g/mol. The van der Waals surface area contributed by atoms with E-state index in [0.29, 0.717) is 22.2 Å². The van der Waals surface area contributed by atoms with E-state index in [9.17, 15) is 26.7 Å². The standard InChI is InChI=1S/C18H15F2N7.C3H4F3NO2/c1-9-15(21)24-17(25-16(9)22)14-12-6-11(19)7-23-18(12)27(26-14)8-10-4-2-3-5-13(10)20;4-3(5,6)1-9-2(7)8/h2-7H,8H2,1H3,(H4,21,22,24,25);1H2,(H2,7,8). The van der Waals surface area contributed by atoms with Gasteiger partial charge in [0.1, 0.15) is 29.0 Å². The van der Waals surface area contributed by atoms with Crippen molar-refractivity contribution >= 4 is 28.8 Å². The number of anilines is 2. The van der Waals surface area contributed by atoms with Crippen molar-refractivity contribution in [3.63, 3.8) is 0 Å². The topological polar surface area (TPSA) is 161 Å². The van der Waals surface area contributed by atoms with Crippen molar-refractivity contribution in [2.75, 3.05) is 18.1 Å². The molecule has 0 aliphatic carbocycles. The van der Waals surface area contributed by atoms with Crippen molar-refractivity contribution in [1.82, 2.24) is 24.7 Å². The van der Waals surface area contributed by atoms with E-state index < -0.39 is 24.7 Å². The van der Waals surface area contributed by atoms with E-state index in [4.69, 9.17) is 11.5 Å². The van der Waals surface area contributed by atoms with E-state index in [1.165, 1.54) is 16.8 Å². The highest BCUT2D eigenvalue weighted by Crippen LogP contribution is 2.28. The molecule has 3 aromatic heterocycles. The third-order valence-corrected chi connectivity index (χ3v) is 4.64. The average molecular weight is 510 g/mol. The number of fused-ring (bicyclic) bond motifs is 1. The predicted molar refractivity (Wildman–Crippen MR) is 119 cm³/mol. The lowest BCUT2D eigenvalue weighted by molar-refractivity contribution is -0.159. The monoisotopic (exact) mass is 510 g/mol. The number of primary amides is 1. The molecule has 4 aromatic rings. The number of carbonyl (C=O) groups is 1. The van der Waals surface area contributed by atoms with Gasteiger partial charge in [0.15, 0.2) is 18.1 Å². The lowest BCUT2D eigenvalue weighted by Crippen LogP contribution is -2.23. The number of nitrogens with two attached hydrogens (primary N) is 3. The maximum Gasteiger partial charge on any atom is 0.422 e. The van der Waals surface area contributed by atoms with Crippen LogP contribution in [0.3, 0.4) is 0 Å². The highest BCUT2D eigenvalue weighted by Gasteiger charge is 2.29. The van der Waals surface area contributed by atoms with Gasteiger partial charge in [0, 0.05) is 11.1 Å². The molecule has 1 amide bonds. The fourth-order valence-electron chi connectivity index (χ4n) is 2.91. The largest absolute Gasteiger partial charge is 0.440 e. The molecule has 0 saturated heterocycles. The minimum absolute atomic E-state index is 0.110. The van der Waals surface area contributed by atoms with Gasteiger partial charge in [-0.05, 0) is 19.1 Å². The molecule has 190 valence electrons. The minimum atomic E-state index is -4.49. The van der Waals surface area contributed by atoms with Crippen LogP contribution in [0.2, 0.25) is 0 Å². The molecule has 0 unspecified atom stereocenters. The normalized spacial score (nSPS) is 11.2. The van der Waals surface area contributed by atoms with Gasteiger partial charge in [0.2, 0.25) is 0 Å². The van der Waals surface area contributed by atoms with Gasteiger partial charge < -0.3 is 21.9 Å². The number of nitrogens with zero attached hydrogens (tertiary/aromatic N) is 5. The first-order valence-corrected chi connectivity index (χ1v) is 10.00. The van der Waals surface area contributed by atoms with Crippen LogP contribution in [-0.2, 0) is 11.3 Å². The number of halogens is 5. The zero-order valence-electron chi connectivity index (χ0n) is 18.6. The number of alkyl halides is 3. The number of rotatable bonds is 4. The summed E-state index contributed by atoms with van der Waals surface area (Å²) >= 11 is 0. The van der Waals surface area contributed by atoms with Crippen LogP contribution in [0.25, 0.3) is 22.6 Å². The molecule has 36 heavy (non-hydrogen) atoms. The minimum Gasteiger partial charge on any atom is -0.440 e. The van der Waals surface area contributed by atoms with Crippen LogP contribution in [0.5, 0.6) is 0 Å². The van der Waals surface area contributed by atoms with Gasteiger partial charge in [-0.3, -0.25) is 0 Å². The Bertz CT molecular complexity index is 1380. The lowest BCUT2D eigenvalue weighted by Gasteiger charge is -2.05. The number of amides is 1. The Hall–Kier alpha value is -4.56. The predicted octanol–water partition coefficient (Wildman–Crippen LogP) is 3.33.